The molecule has 0 saturated carbocycles. The number of nitrogens with zero attached hydrogens (tertiary/aromatic N) is 2. The molecule has 2 rings (SSSR count). The van der Waals surface area contributed by atoms with Crippen LogP contribution < -0.4 is 22.3 Å². The van der Waals surface area contributed by atoms with E-state index in [0.29, 0.717) is 13.1 Å². The van der Waals surface area contributed by atoms with Crippen molar-refractivity contribution in [3.63, 3.8) is 0 Å². The minimum Gasteiger partial charge on any atom is -0.383 e. The summed E-state index contributed by atoms with van der Waals surface area (Å²) in [6.45, 7) is 2.76. The van der Waals surface area contributed by atoms with Crippen LogP contribution in [0.25, 0.3) is 0 Å². The van der Waals surface area contributed by atoms with E-state index in [-0.39, 0.29) is 11.5 Å². The summed E-state index contributed by atoms with van der Waals surface area (Å²) in [6.07, 6.45) is 5.02. The van der Waals surface area contributed by atoms with E-state index in [1.807, 2.05) is 0 Å². The quantitative estimate of drug-likeness (QED) is 0.550. The van der Waals surface area contributed by atoms with Gasteiger partial charge in [0.15, 0.2) is 0 Å². The fourth-order valence-electron chi connectivity index (χ4n) is 1.98. The number of nitrogen functional groups attached to an aromatic ring is 1. The van der Waals surface area contributed by atoms with Crippen LogP contribution >= 0.6 is 0 Å². The van der Waals surface area contributed by atoms with Gasteiger partial charge >= 0.3 is 5.69 Å². The smallest absolute Gasteiger partial charge is 0.330 e. The highest BCUT2D eigenvalue weighted by Gasteiger charge is 2.10. The molecular formula is C12H18N6O2. The predicted octanol–water partition coefficient (Wildman–Crippen LogP) is -0.0935. The van der Waals surface area contributed by atoms with Gasteiger partial charge in [0.05, 0.1) is 0 Å². The molecule has 2 aromatic heterocycles. The van der Waals surface area contributed by atoms with Gasteiger partial charge in [-0.25, -0.2) is 9.78 Å². The average molecular weight is 278 g/mol. The Morgan fingerprint density at radius 3 is 2.90 bits per heavy atom. The number of H-pyrrole nitrogens is 2. The number of aromatic nitrogens is 4. The van der Waals surface area contributed by atoms with Gasteiger partial charge in [-0.05, 0) is 13.3 Å². The first-order chi connectivity index (χ1) is 9.63. The van der Waals surface area contributed by atoms with Crippen LogP contribution in [-0.4, -0.2) is 26.1 Å². The topological polar surface area (TPSA) is 122 Å². The van der Waals surface area contributed by atoms with Crippen molar-refractivity contribution in [2.75, 3.05) is 17.6 Å². The number of hydrogen-bond donors (Lipinski definition) is 4. The van der Waals surface area contributed by atoms with E-state index in [0.717, 1.165) is 18.7 Å². The fourth-order valence-corrected chi connectivity index (χ4v) is 1.98. The Morgan fingerprint density at radius 1 is 1.45 bits per heavy atom. The molecule has 0 unspecified atom stereocenters. The number of hydrogen-bond acceptors (Lipinski definition) is 5. The number of nitrogens with two attached hydrogens (primary N) is 1. The third-order valence-electron chi connectivity index (χ3n) is 3.00. The van der Waals surface area contributed by atoms with E-state index in [4.69, 9.17) is 5.73 Å². The standard InChI is InChI=1S/C12H18N6O2/c1-2-18-10(13)9(11(19)17-12(18)20)16-5-3-4-8-14-6-7-15-8/h6-7,16H,2-5,13H2,1H3,(H,14,15)(H,17,19,20). The maximum absolute atomic E-state index is 11.7. The number of aryl methyl sites for hydroxylation is 1. The molecule has 0 atom stereocenters. The largest absolute Gasteiger partial charge is 0.383 e. The molecule has 20 heavy (non-hydrogen) atoms. The summed E-state index contributed by atoms with van der Waals surface area (Å²) < 4.78 is 1.32. The molecule has 0 bridgehead atoms. The van der Waals surface area contributed by atoms with Crippen LogP contribution in [0, 0.1) is 0 Å². The summed E-state index contributed by atoms with van der Waals surface area (Å²) in [5.74, 6) is 1.06. The fraction of sp³-hybridized carbons (Fsp3) is 0.417. The van der Waals surface area contributed by atoms with Gasteiger partial charge in [-0.2, -0.15) is 0 Å². The zero-order chi connectivity index (χ0) is 14.5. The average Bonchev–Trinajstić information content (AvgIpc) is 2.91. The van der Waals surface area contributed by atoms with E-state index >= 15 is 0 Å². The van der Waals surface area contributed by atoms with Crippen molar-refractivity contribution < 1.29 is 0 Å². The van der Waals surface area contributed by atoms with Crippen molar-refractivity contribution >= 4 is 11.5 Å². The predicted molar refractivity (Wildman–Crippen MR) is 76.8 cm³/mol. The minimum atomic E-state index is -0.491. The number of rotatable bonds is 6. The Morgan fingerprint density at radius 2 is 2.25 bits per heavy atom. The van der Waals surface area contributed by atoms with Crippen molar-refractivity contribution in [3.05, 3.63) is 39.1 Å². The van der Waals surface area contributed by atoms with E-state index in [9.17, 15) is 9.59 Å². The van der Waals surface area contributed by atoms with E-state index in [2.05, 4.69) is 20.3 Å². The van der Waals surface area contributed by atoms with Gasteiger partial charge in [0, 0.05) is 31.9 Å². The van der Waals surface area contributed by atoms with Crippen LogP contribution in [0.5, 0.6) is 0 Å². The second-order valence-electron chi connectivity index (χ2n) is 4.33. The Bertz CT molecular complexity index is 670. The van der Waals surface area contributed by atoms with Crippen LogP contribution in [0.3, 0.4) is 0 Å². The first kappa shape index (κ1) is 13.9. The van der Waals surface area contributed by atoms with Gasteiger partial charge in [0.1, 0.15) is 17.3 Å². The molecule has 2 heterocycles. The second-order valence-corrected chi connectivity index (χ2v) is 4.33. The van der Waals surface area contributed by atoms with Crippen LogP contribution in [0.4, 0.5) is 11.5 Å². The Kier molecular flexibility index (Phi) is 4.24. The summed E-state index contributed by atoms with van der Waals surface area (Å²) >= 11 is 0. The third-order valence-corrected chi connectivity index (χ3v) is 3.00. The summed E-state index contributed by atoms with van der Waals surface area (Å²) in [4.78, 5) is 32.6. The van der Waals surface area contributed by atoms with Crippen LogP contribution in [0.2, 0.25) is 0 Å². The summed E-state index contributed by atoms with van der Waals surface area (Å²) in [7, 11) is 0. The first-order valence-electron chi connectivity index (χ1n) is 6.48. The SMILES string of the molecule is CCn1c(N)c(NCCCc2ncc[nH]2)c(=O)[nH]c1=O. The molecule has 0 spiro atoms. The molecule has 0 aromatic carbocycles. The molecule has 8 heteroatoms. The Hall–Kier alpha value is -2.51. The number of imidazole rings is 1. The zero-order valence-electron chi connectivity index (χ0n) is 11.3. The van der Waals surface area contributed by atoms with Crippen molar-refractivity contribution in [2.24, 2.45) is 0 Å². The molecule has 5 N–H and O–H groups in total. The number of anilines is 2. The van der Waals surface area contributed by atoms with Gasteiger partial charge in [0.2, 0.25) is 0 Å². The zero-order valence-corrected chi connectivity index (χ0v) is 11.3. The molecule has 108 valence electrons. The lowest BCUT2D eigenvalue weighted by molar-refractivity contribution is 0.705. The third kappa shape index (κ3) is 2.90. The molecule has 0 saturated heterocycles. The molecule has 0 aliphatic rings. The van der Waals surface area contributed by atoms with Crippen molar-refractivity contribution in [3.8, 4) is 0 Å². The van der Waals surface area contributed by atoms with Crippen molar-refractivity contribution in [1.29, 1.82) is 0 Å². The van der Waals surface area contributed by atoms with E-state index in [1.54, 1.807) is 19.3 Å². The Labute approximate surface area is 115 Å². The number of aromatic amines is 2. The monoisotopic (exact) mass is 278 g/mol. The van der Waals surface area contributed by atoms with Gasteiger partial charge in [0.25, 0.3) is 5.56 Å². The highest BCUT2D eigenvalue weighted by atomic mass is 16.2. The normalized spacial score (nSPS) is 10.7. The molecular weight excluding hydrogens is 260 g/mol. The molecule has 0 radical (unpaired) electrons. The highest BCUT2D eigenvalue weighted by Crippen LogP contribution is 2.09. The van der Waals surface area contributed by atoms with E-state index in [1.165, 1.54) is 4.57 Å². The molecule has 0 fully saturated rings. The van der Waals surface area contributed by atoms with Crippen molar-refractivity contribution in [2.45, 2.75) is 26.3 Å². The van der Waals surface area contributed by atoms with Crippen molar-refractivity contribution in [1.82, 2.24) is 19.5 Å². The minimum absolute atomic E-state index is 0.166. The van der Waals surface area contributed by atoms with E-state index < -0.39 is 11.2 Å². The molecule has 0 aliphatic carbocycles. The lowest BCUT2D eigenvalue weighted by Crippen LogP contribution is -2.33. The highest BCUT2D eigenvalue weighted by molar-refractivity contribution is 5.60. The summed E-state index contributed by atoms with van der Waals surface area (Å²) in [5, 5.41) is 2.98. The number of nitrogens with one attached hydrogen (secondary N) is 3. The maximum Gasteiger partial charge on any atom is 0.330 e. The maximum atomic E-state index is 11.7. The Balaban J connectivity index is 2.02. The summed E-state index contributed by atoms with van der Waals surface area (Å²) in [5.41, 5.74) is 5.10. The van der Waals surface area contributed by atoms with Crippen LogP contribution in [0.15, 0.2) is 22.0 Å². The lowest BCUT2D eigenvalue weighted by atomic mass is 10.3. The lowest BCUT2D eigenvalue weighted by Gasteiger charge is -2.12. The first-order valence-corrected chi connectivity index (χ1v) is 6.48. The molecule has 2 aromatic rings. The van der Waals surface area contributed by atoms with Gasteiger partial charge in [-0.3, -0.25) is 14.3 Å². The molecule has 0 aliphatic heterocycles. The van der Waals surface area contributed by atoms with Gasteiger partial charge in [-0.15, -0.1) is 0 Å². The van der Waals surface area contributed by atoms with Gasteiger partial charge in [-0.1, -0.05) is 0 Å². The van der Waals surface area contributed by atoms with Crippen LogP contribution in [0.1, 0.15) is 19.2 Å². The molecule has 0 amide bonds. The van der Waals surface area contributed by atoms with Crippen LogP contribution in [-0.2, 0) is 13.0 Å². The van der Waals surface area contributed by atoms with Gasteiger partial charge < -0.3 is 16.0 Å². The molecule has 8 nitrogen and oxygen atoms in total. The summed E-state index contributed by atoms with van der Waals surface area (Å²) in [6, 6.07) is 0. The second kappa shape index (κ2) is 6.09.